The molecule has 8 N–H and O–H groups in total. The zero-order chi connectivity index (χ0) is 51.0. The zero-order valence-corrected chi connectivity index (χ0v) is 39.0. The van der Waals surface area contributed by atoms with Crippen LogP contribution in [0.1, 0.15) is 94.8 Å². The molecule has 0 saturated heterocycles. The molecule has 0 aliphatic rings. The van der Waals surface area contributed by atoms with E-state index in [-0.39, 0.29) is 37.2 Å². The van der Waals surface area contributed by atoms with E-state index in [0.29, 0.717) is 22.3 Å². The normalized spacial score (nSPS) is 13.2. The van der Waals surface area contributed by atoms with Crippen LogP contribution in [0, 0.1) is 0 Å². The highest BCUT2D eigenvalue weighted by molar-refractivity contribution is 5.98. The van der Waals surface area contributed by atoms with Crippen LogP contribution in [0.15, 0.2) is 98.1 Å². The molecule has 0 aromatic carbocycles. The van der Waals surface area contributed by atoms with Gasteiger partial charge in [0.25, 0.3) is 23.6 Å². The van der Waals surface area contributed by atoms with E-state index in [2.05, 4.69) is 62.3 Å². The molecule has 4 rings (SSSR count). The summed E-state index contributed by atoms with van der Waals surface area (Å²) in [5.74, 6) is -3.08. The van der Waals surface area contributed by atoms with E-state index in [0.717, 1.165) is 12.8 Å². The summed E-state index contributed by atoms with van der Waals surface area (Å²) in [7, 11) is 3.64. The summed E-state index contributed by atoms with van der Waals surface area (Å²) in [4.78, 5) is 95.5. The number of rotatable bonds is 19. The van der Waals surface area contributed by atoms with E-state index < -0.39 is 66.2 Å². The lowest BCUT2D eigenvalue weighted by atomic mass is 10.0. The summed E-state index contributed by atoms with van der Waals surface area (Å²) >= 11 is 0. The number of hydrogen-bond acceptors (Lipinski definition) is 18. The molecule has 0 aliphatic heterocycles. The molecule has 22 heteroatoms. The predicted octanol–water partition coefficient (Wildman–Crippen LogP) is 0.954. The third-order valence-electron chi connectivity index (χ3n) is 9.19. The number of esters is 3. The average Bonchev–Trinajstić information content (AvgIpc) is 3.37. The van der Waals surface area contributed by atoms with E-state index in [1.165, 1.54) is 82.8 Å². The summed E-state index contributed by atoms with van der Waals surface area (Å²) in [6.07, 6.45) is 8.62. The molecule has 0 saturated carbocycles. The van der Waals surface area contributed by atoms with Gasteiger partial charge in [0.2, 0.25) is 0 Å². The Labute approximate surface area is 394 Å². The van der Waals surface area contributed by atoms with Gasteiger partial charge >= 0.3 is 17.9 Å². The molecule has 0 aliphatic carbocycles. The molecule has 4 heterocycles. The molecule has 0 radical (unpaired) electrons. The van der Waals surface area contributed by atoms with Crippen LogP contribution in [-0.2, 0) is 28.6 Å². The Morgan fingerprint density at radius 1 is 0.529 bits per heavy atom. The van der Waals surface area contributed by atoms with Crippen LogP contribution in [-0.4, -0.2) is 152 Å². The Morgan fingerprint density at radius 2 is 0.912 bits per heavy atom. The number of amides is 4. The Hall–Kier alpha value is -7.27. The van der Waals surface area contributed by atoms with E-state index in [1.807, 2.05) is 6.92 Å². The SMILES string of the molecule is CCC(O)C(O)C(O)C(O)CNC(=O)c1ccncc1.CCCC(C)NC(=O)c1ccncc1.COC(=O)C(C)NC(=O)c1ccncc1.COC(=O)CC(NC(=O)c1ccncc1)C(=O)OC. The zero-order valence-electron chi connectivity index (χ0n) is 39.0. The molecule has 4 aromatic rings. The topological polar surface area (TPSA) is 328 Å². The highest BCUT2D eigenvalue weighted by Crippen LogP contribution is 2.08. The van der Waals surface area contributed by atoms with Crippen LogP contribution < -0.4 is 21.3 Å². The summed E-state index contributed by atoms with van der Waals surface area (Å²) < 4.78 is 13.5. The van der Waals surface area contributed by atoms with Crippen molar-refractivity contribution in [1.29, 1.82) is 0 Å². The fourth-order valence-corrected chi connectivity index (χ4v) is 5.29. The number of pyridine rings is 4. The van der Waals surface area contributed by atoms with Gasteiger partial charge in [-0.25, -0.2) is 9.59 Å². The molecule has 0 bridgehead atoms. The number of ether oxygens (including phenoxy) is 3. The molecule has 7 unspecified atom stereocenters. The summed E-state index contributed by atoms with van der Waals surface area (Å²) in [5, 5.41) is 48.5. The average molecular weight is 951 g/mol. The third-order valence-corrected chi connectivity index (χ3v) is 9.19. The smallest absolute Gasteiger partial charge is 0.328 e. The standard InChI is InChI=1S/C13H20N2O5.C12H14N2O5.C11H16N2O.C10H12N2O3/c1-2-9(16)11(18)12(19)10(17)7-15-13(20)8-3-5-14-6-4-8;1-18-10(15)7-9(12(17)19-2)14-11(16)8-3-5-13-6-4-8;1-3-4-9(2)13-11(14)10-5-7-12-8-6-10;1-7(10(14)15-2)12-9(13)8-3-5-11-6-4-8/h3-6,9-12,16-19H,2,7H2,1H3,(H,15,20);3-6,9H,7H2,1-2H3,(H,14,16);5-9H,3-4H2,1-2H3,(H,13,14);3-7H,1-2H3,(H,12,13). The second-order valence-corrected chi connectivity index (χ2v) is 14.4. The van der Waals surface area contributed by atoms with Gasteiger partial charge in [-0.15, -0.1) is 0 Å². The van der Waals surface area contributed by atoms with Gasteiger partial charge in [0.15, 0.2) is 0 Å². The highest BCUT2D eigenvalue weighted by Gasteiger charge is 2.30. The summed E-state index contributed by atoms with van der Waals surface area (Å²) in [6, 6.07) is 11.1. The van der Waals surface area contributed by atoms with Crippen LogP contribution in [0.25, 0.3) is 0 Å². The predicted molar refractivity (Wildman–Crippen MR) is 244 cm³/mol. The fraction of sp³-hybridized carbons (Fsp3) is 0.413. The highest BCUT2D eigenvalue weighted by atomic mass is 16.5. The van der Waals surface area contributed by atoms with Crippen molar-refractivity contribution in [2.45, 2.75) is 95.9 Å². The number of aliphatic hydroxyl groups excluding tert-OH is 4. The minimum atomic E-state index is -1.54. The molecule has 4 aromatic heterocycles. The maximum atomic E-state index is 11.8. The monoisotopic (exact) mass is 950 g/mol. The van der Waals surface area contributed by atoms with Crippen molar-refractivity contribution in [3.63, 3.8) is 0 Å². The number of methoxy groups -OCH3 is 3. The van der Waals surface area contributed by atoms with Gasteiger partial charge in [-0.1, -0.05) is 20.3 Å². The van der Waals surface area contributed by atoms with E-state index in [4.69, 9.17) is 0 Å². The van der Waals surface area contributed by atoms with Crippen LogP contribution in [0.4, 0.5) is 0 Å². The van der Waals surface area contributed by atoms with Gasteiger partial charge in [-0.2, -0.15) is 0 Å². The quantitative estimate of drug-likeness (QED) is 0.0479. The first-order valence-electron chi connectivity index (χ1n) is 21.2. The van der Waals surface area contributed by atoms with Gasteiger partial charge in [-0.05, 0) is 75.2 Å². The second-order valence-electron chi connectivity index (χ2n) is 14.4. The number of nitrogens with zero attached hydrogens (tertiary/aromatic N) is 4. The minimum Gasteiger partial charge on any atom is -0.469 e. The summed E-state index contributed by atoms with van der Waals surface area (Å²) in [5.41, 5.74) is 1.83. The van der Waals surface area contributed by atoms with Crippen LogP contribution in [0.2, 0.25) is 0 Å². The maximum absolute atomic E-state index is 11.8. The van der Waals surface area contributed by atoms with Crippen LogP contribution >= 0.6 is 0 Å². The van der Waals surface area contributed by atoms with Crippen LogP contribution in [0.5, 0.6) is 0 Å². The Kier molecular flexibility index (Phi) is 28.7. The third kappa shape index (κ3) is 22.8. The van der Waals surface area contributed by atoms with E-state index >= 15 is 0 Å². The number of aromatic nitrogens is 4. The van der Waals surface area contributed by atoms with Crippen molar-refractivity contribution in [2.75, 3.05) is 27.9 Å². The first kappa shape index (κ1) is 58.7. The number of nitrogens with one attached hydrogen (secondary N) is 4. The van der Waals surface area contributed by atoms with E-state index in [1.54, 1.807) is 50.5 Å². The Morgan fingerprint density at radius 3 is 1.29 bits per heavy atom. The molecule has 370 valence electrons. The maximum Gasteiger partial charge on any atom is 0.328 e. The number of carbonyl (C=O) groups excluding carboxylic acids is 7. The van der Waals surface area contributed by atoms with Crippen molar-refractivity contribution in [3.05, 3.63) is 120 Å². The fourth-order valence-electron chi connectivity index (χ4n) is 5.29. The number of aliphatic hydroxyl groups is 4. The molecule has 0 spiro atoms. The molecule has 7 atom stereocenters. The van der Waals surface area contributed by atoms with Crippen molar-refractivity contribution in [2.24, 2.45) is 0 Å². The molecule has 68 heavy (non-hydrogen) atoms. The van der Waals surface area contributed by atoms with Gasteiger partial charge in [0, 0.05) is 84.4 Å². The number of carbonyl (C=O) groups is 7. The van der Waals surface area contributed by atoms with Gasteiger partial charge < -0.3 is 55.9 Å². The van der Waals surface area contributed by atoms with Gasteiger partial charge in [-0.3, -0.25) is 43.9 Å². The Bertz CT molecular complexity index is 2110. The van der Waals surface area contributed by atoms with Crippen molar-refractivity contribution >= 4 is 41.5 Å². The molecule has 4 amide bonds. The Balaban J connectivity index is 0.000000458. The largest absolute Gasteiger partial charge is 0.469 e. The van der Waals surface area contributed by atoms with Gasteiger partial charge in [0.1, 0.15) is 24.3 Å². The molecule has 0 fully saturated rings. The van der Waals surface area contributed by atoms with Crippen molar-refractivity contribution < 1.29 is 68.2 Å². The lowest BCUT2D eigenvalue weighted by Crippen LogP contribution is -2.48. The van der Waals surface area contributed by atoms with Crippen molar-refractivity contribution in [1.82, 2.24) is 41.2 Å². The molecule has 22 nitrogen and oxygen atoms in total. The minimum absolute atomic E-state index is 0.0200. The number of hydrogen-bond donors (Lipinski definition) is 8. The lowest BCUT2D eigenvalue weighted by molar-refractivity contribution is -0.149. The van der Waals surface area contributed by atoms with Crippen LogP contribution in [0.3, 0.4) is 0 Å². The molecular weight excluding hydrogens is 889 g/mol. The van der Waals surface area contributed by atoms with E-state index in [9.17, 15) is 54.0 Å². The van der Waals surface area contributed by atoms with Crippen molar-refractivity contribution in [3.8, 4) is 0 Å². The van der Waals surface area contributed by atoms with Gasteiger partial charge in [0.05, 0.1) is 40.0 Å². The first-order valence-corrected chi connectivity index (χ1v) is 21.2. The molecular formula is C46H62N8O14. The first-order chi connectivity index (χ1) is 32.4. The second kappa shape index (κ2) is 33.2. The lowest BCUT2D eigenvalue weighted by Gasteiger charge is -2.26. The summed E-state index contributed by atoms with van der Waals surface area (Å²) in [6.45, 7) is 7.08.